The van der Waals surface area contributed by atoms with E-state index >= 15 is 0 Å². The third kappa shape index (κ3) is 2.02. The van der Waals surface area contributed by atoms with E-state index in [1.54, 1.807) is 24.3 Å². The standard InChI is InChI=1S/C15H10N4O5/c20-11-7(5-16-14(22)17-11)9-6-3-1-2-4-8(6)24-13-10(9)12(21)18-15(23)19-13/h1-5,9H,(H2,16,17,20,22)(H2,18,19,21,23). The first kappa shape index (κ1) is 14.0. The zero-order valence-corrected chi connectivity index (χ0v) is 12.0. The van der Waals surface area contributed by atoms with Gasteiger partial charge >= 0.3 is 11.4 Å². The van der Waals surface area contributed by atoms with Crippen LogP contribution in [0.1, 0.15) is 22.6 Å². The molecule has 3 aromatic rings. The van der Waals surface area contributed by atoms with Gasteiger partial charge in [-0.3, -0.25) is 24.5 Å². The number of aromatic nitrogens is 4. The summed E-state index contributed by atoms with van der Waals surface area (Å²) in [5.41, 5.74) is -1.85. The van der Waals surface area contributed by atoms with Gasteiger partial charge in [0, 0.05) is 17.3 Å². The summed E-state index contributed by atoms with van der Waals surface area (Å²) in [5, 5.41) is 0. The molecule has 0 aliphatic carbocycles. The molecule has 1 atom stereocenters. The predicted octanol–water partition coefficient (Wildman–Crippen LogP) is -0.274. The summed E-state index contributed by atoms with van der Waals surface area (Å²) >= 11 is 0. The summed E-state index contributed by atoms with van der Waals surface area (Å²) in [4.78, 5) is 56.4. The normalized spacial score (nSPS) is 15.2. The van der Waals surface area contributed by atoms with E-state index in [1.165, 1.54) is 6.20 Å². The molecule has 1 aliphatic rings. The summed E-state index contributed by atoms with van der Waals surface area (Å²) in [6.07, 6.45) is 1.25. The van der Waals surface area contributed by atoms with E-state index in [0.29, 0.717) is 11.3 Å². The number of fused-ring (bicyclic) bond motifs is 2. The van der Waals surface area contributed by atoms with Crippen molar-refractivity contribution in [2.24, 2.45) is 0 Å². The lowest BCUT2D eigenvalue weighted by atomic mass is 9.85. The minimum atomic E-state index is -0.800. The van der Waals surface area contributed by atoms with Gasteiger partial charge in [-0.15, -0.1) is 0 Å². The Balaban J connectivity index is 2.10. The molecule has 2 aromatic heterocycles. The summed E-state index contributed by atoms with van der Waals surface area (Å²) in [7, 11) is 0. The lowest BCUT2D eigenvalue weighted by Crippen LogP contribution is -2.34. The Kier molecular flexibility index (Phi) is 2.89. The molecule has 4 rings (SSSR count). The van der Waals surface area contributed by atoms with Gasteiger partial charge in [-0.25, -0.2) is 9.59 Å². The highest BCUT2D eigenvalue weighted by Crippen LogP contribution is 2.43. The number of ether oxygens (including phenoxy) is 1. The molecule has 0 amide bonds. The van der Waals surface area contributed by atoms with Crippen molar-refractivity contribution in [2.75, 3.05) is 0 Å². The largest absolute Gasteiger partial charge is 0.440 e. The quantitative estimate of drug-likeness (QED) is 0.381. The van der Waals surface area contributed by atoms with E-state index in [2.05, 4.69) is 19.9 Å². The molecule has 9 nitrogen and oxygen atoms in total. The SMILES string of the molecule is O=c1[nH]cc(C2c3ccccc3Oc3[nH]c(=O)[nH]c(=O)c32)c(=O)[nH]1. The smallest absolute Gasteiger partial charge is 0.328 e. The molecule has 3 heterocycles. The van der Waals surface area contributed by atoms with Crippen molar-refractivity contribution in [3.05, 3.63) is 88.8 Å². The van der Waals surface area contributed by atoms with E-state index < -0.39 is 28.4 Å². The maximum absolute atomic E-state index is 12.3. The first-order valence-electron chi connectivity index (χ1n) is 7.00. The van der Waals surface area contributed by atoms with Crippen LogP contribution in [0.2, 0.25) is 0 Å². The van der Waals surface area contributed by atoms with E-state index in [4.69, 9.17) is 4.74 Å². The molecule has 24 heavy (non-hydrogen) atoms. The first-order chi connectivity index (χ1) is 11.5. The van der Waals surface area contributed by atoms with Crippen molar-refractivity contribution in [1.82, 2.24) is 19.9 Å². The maximum atomic E-state index is 12.3. The van der Waals surface area contributed by atoms with Gasteiger partial charge in [0.2, 0.25) is 5.88 Å². The van der Waals surface area contributed by atoms with E-state index in [1.807, 2.05) is 0 Å². The fourth-order valence-electron chi connectivity index (χ4n) is 2.85. The Labute approximate surface area is 132 Å². The summed E-state index contributed by atoms with van der Waals surface area (Å²) < 4.78 is 5.59. The number of rotatable bonds is 1. The van der Waals surface area contributed by atoms with Gasteiger partial charge in [-0.05, 0) is 6.07 Å². The summed E-state index contributed by atoms with van der Waals surface area (Å²) in [5.74, 6) is -0.425. The summed E-state index contributed by atoms with van der Waals surface area (Å²) in [6, 6.07) is 6.83. The number of para-hydroxylation sites is 1. The van der Waals surface area contributed by atoms with Gasteiger partial charge in [0.05, 0.1) is 11.5 Å². The number of aromatic amines is 4. The molecule has 0 fully saturated rings. The van der Waals surface area contributed by atoms with E-state index in [-0.39, 0.29) is 17.0 Å². The number of nitrogens with one attached hydrogen (secondary N) is 4. The fourth-order valence-corrected chi connectivity index (χ4v) is 2.85. The van der Waals surface area contributed by atoms with Crippen molar-refractivity contribution in [3.63, 3.8) is 0 Å². The van der Waals surface area contributed by atoms with Gasteiger partial charge in [-0.1, -0.05) is 18.2 Å². The monoisotopic (exact) mass is 326 g/mol. The molecule has 0 spiro atoms. The van der Waals surface area contributed by atoms with Crippen molar-refractivity contribution < 1.29 is 4.74 Å². The highest BCUT2D eigenvalue weighted by atomic mass is 16.5. The number of benzene rings is 1. The Morgan fingerprint density at radius 1 is 0.833 bits per heavy atom. The number of hydrogen-bond donors (Lipinski definition) is 4. The third-order valence-corrected chi connectivity index (χ3v) is 3.83. The van der Waals surface area contributed by atoms with Crippen LogP contribution in [0.25, 0.3) is 0 Å². The van der Waals surface area contributed by atoms with Crippen molar-refractivity contribution in [3.8, 4) is 11.6 Å². The van der Waals surface area contributed by atoms with Gasteiger partial charge < -0.3 is 9.72 Å². The van der Waals surface area contributed by atoms with Crippen molar-refractivity contribution in [1.29, 1.82) is 0 Å². The lowest BCUT2D eigenvalue weighted by molar-refractivity contribution is 0.427. The van der Waals surface area contributed by atoms with Crippen LogP contribution < -0.4 is 27.2 Å². The molecule has 0 radical (unpaired) electrons. The van der Waals surface area contributed by atoms with Crippen LogP contribution in [-0.2, 0) is 0 Å². The molecule has 0 bridgehead atoms. The third-order valence-electron chi connectivity index (χ3n) is 3.83. The van der Waals surface area contributed by atoms with Crippen LogP contribution in [0.3, 0.4) is 0 Å². The molecule has 120 valence electrons. The molecule has 1 unspecified atom stereocenters. The molecule has 0 saturated heterocycles. The molecular weight excluding hydrogens is 316 g/mol. The second-order valence-electron chi connectivity index (χ2n) is 5.25. The van der Waals surface area contributed by atoms with Gasteiger partial charge in [0.1, 0.15) is 5.75 Å². The van der Waals surface area contributed by atoms with Gasteiger partial charge in [0.15, 0.2) is 0 Å². The van der Waals surface area contributed by atoms with Gasteiger partial charge in [-0.2, -0.15) is 0 Å². The second-order valence-corrected chi connectivity index (χ2v) is 5.25. The number of H-pyrrole nitrogens is 4. The Morgan fingerprint density at radius 2 is 1.58 bits per heavy atom. The second kappa shape index (κ2) is 4.95. The van der Waals surface area contributed by atoms with E-state index in [9.17, 15) is 19.2 Å². The number of hydrogen-bond acceptors (Lipinski definition) is 5. The first-order valence-corrected chi connectivity index (χ1v) is 7.00. The highest BCUT2D eigenvalue weighted by Gasteiger charge is 2.33. The van der Waals surface area contributed by atoms with Crippen molar-refractivity contribution >= 4 is 0 Å². The minimum absolute atomic E-state index is 0.0296. The fraction of sp³-hybridized carbons (Fsp3) is 0.0667. The van der Waals surface area contributed by atoms with Crippen molar-refractivity contribution in [2.45, 2.75) is 5.92 Å². The zero-order chi connectivity index (χ0) is 16.8. The topological polar surface area (TPSA) is 141 Å². The molecular formula is C15H10N4O5. The Morgan fingerprint density at radius 3 is 2.38 bits per heavy atom. The van der Waals surface area contributed by atoms with Crippen LogP contribution in [0.4, 0.5) is 0 Å². The Hall–Kier alpha value is -3.62. The van der Waals surface area contributed by atoms with Crippen LogP contribution >= 0.6 is 0 Å². The molecule has 1 aromatic carbocycles. The van der Waals surface area contributed by atoms with Crippen LogP contribution in [-0.4, -0.2) is 19.9 Å². The van der Waals surface area contributed by atoms with Crippen LogP contribution in [0, 0.1) is 0 Å². The van der Waals surface area contributed by atoms with Gasteiger partial charge in [0.25, 0.3) is 11.1 Å². The van der Waals surface area contributed by atoms with E-state index in [0.717, 1.165) is 0 Å². The van der Waals surface area contributed by atoms with Crippen LogP contribution in [0.5, 0.6) is 11.6 Å². The molecule has 4 N–H and O–H groups in total. The highest BCUT2D eigenvalue weighted by molar-refractivity contribution is 5.54. The predicted molar refractivity (Wildman–Crippen MR) is 82.8 cm³/mol. The van der Waals surface area contributed by atoms with Crippen LogP contribution in [0.15, 0.2) is 49.6 Å². The molecule has 9 heteroatoms. The average Bonchev–Trinajstić information content (AvgIpc) is 2.53. The molecule has 0 saturated carbocycles. The zero-order valence-electron chi connectivity index (χ0n) is 12.0. The lowest BCUT2D eigenvalue weighted by Gasteiger charge is -2.26. The Bertz CT molecular complexity index is 1180. The maximum Gasteiger partial charge on any atom is 0.328 e. The average molecular weight is 326 g/mol. The summed E-state index contributed by atoms with van der Waals surface area (Å²) in [6.45, 7) is 0. The molecule has 1 aliphatic heterocycles. The minimum Gasteiger partial charge on any atom is -0.440 e.